The fourth-order valence-electron chi connectivity index (χ4n) is 3.28. The van der Waals surface area contributed by atoms with E-state index in [9.17, 15) is 9.18 Å². The topological polar surface area (TPSA) is 35.6 Å². The van der Waals surface area contributed by atoms with Crippen molar-refractivity contribution in [1.29, 1.82) is 0 Å². The number of carbonyl (C=O) groups is 1. The zero-order valence-electron chi connectivity index (χ0n) is 15.7. The molecule has 0 radical (unpaired) electrons. The molecule has 4 nitrogen and oxygen atoms in total. The molecule has 27 heavy (non-hydrogen) atoms. The van der Waals surface area contributed by atoms with Crippen LogP contribution in [0.25, 0.3) is 0 Å². The van der Waals surface area contributed by atoms with Crippen LogP contribution in [-0.4, -0.2) is 55.8 Å². The van der Waals surface area contributed by atoms with Crippen molar-refractivity contribution in [3.63, 3.8) is 0 Å². The summed E-state index contributed by atoms with van der Waals surface area (Å²) in [5.74, 6) is 0.759. The predicted octanol–water partition coefficient (Wildman–Crippen LogP) is 3.49. The van der Waals surface area contributed by atoms with Crippen LogP contribution >= 0.6 is 11.8 Å². The van der Waals surface area contributed by atoms with E-state index >= 15 is 0 Å². The Labute approximate surface area is 164 Å². The molecule has 0 aliphatic carbocycles. The molecule has 0 saturated carbocycles. The van der Waals surface area contributed by atoms with E-state index < -0.39 is 0 Å². The molecule has 1 N–H and O–H groups in total. The molecule has 1 amide bonds. The number of para-hydroxylation sites is 1. The van der Waals surface area contributed by atoms with Crippen molar-refractivity contribution < 1.29 is 9.18 Å². The van der Waals surface area contributed by atoms with Gasteiger partial charge in [0, 0.05) is 44.2 Å². The van der Waals surface area contributed by atoms with Crippen LogP contribution < -0.4 is 10.2 Å². The average Bonchev–Trinajstić information content (AvgIpc) is 2.70. The third kappa shape index (κ3) is 5.23. The maximum atomic E-state index is 13.9. The SMILES string of the molecule is CCSc1ccccc1C(=O)NCCN1CCN(c2ccccc2F)CC1. The van der Waals surface area contributed by atoms with Crippen LogP contribution in [0, 0.1) is 5.82 Å². The number of thioether (sulfide) groups is 1. The highest BCUT2D eigenvalue weighted by molar-refractivity contribution is 7.99. The van der Waals surface area contributed by atoms with Gasteiger partial charge in [-0.1, -0.05) is 31.2 Å². The van der Waals surface area contributed by atoms with Crippen molar-refractivity contribution in [2.24, 2.45) is 0 Å². The Bertz CT molecular complexity index is 763. The highest BCUT2D eigenvalue weighted by Gasteiger charge is 2.19. The second-order valence-electron chi connectivity index (χ2n) is 6.47. The summed E-state index contributed by atoms with van der Waals surface area (Å²) in [4.78, 5) is 17.9. The van der Waals surface area contributed by atoms with Gasteiger partial charge in [-0.3, -0.25) is 9.69 Å². The summed E-state index contributed by atoms with van der Waals surface area (Å²) >= 11 is 1.68. The van der Waals surface area contributed by atoms with Crippen molar-refractivity contribution in [1.82, 2.24) is 10.2 Å². The molecule has 144 valence electrons. The zero-order chi connectivity index (χ0) is 19.1. The summed E-state index contributed by atoms with van der Waals surface area (Å²) in [7, 11) is 0. The molecule has 1 aliphatic heterocycles. The van der Waals surface area contributed by atoms with Gasteiger partial charge in [-0.25, -0.2) is 4.39 Å². The molecule has 0 bridgehead atoms. The average molecular weight is 388 g/mol. The molecule has 1 heterocycles. The summed E-state index contributed by atoms with van der Waals surface area (Å²) in [5.41, 5.74) is 1.42. The summed E-state index contributed by atoms with van der Waals surface area (Å²) in [5, 5.41) is 3.03. The Balaban J connectivity index is 1.44. The van der Waals surface area contributed by atoms with Crippen molar-refractivity contribution >= 4 is 23.4 Å². The van der Waals surface area contributed by atoms with Gasteiger partial charge in [0.2, 0.25) is 0 Å². The summed E-state index contributed by atoms with van der Waals surface area (Å²) in [6, 6.07) is 14.7. The van der Waals surface area contributed by atoms with Crippen LogP contribution in [-0.2, 0) is 0 Å². The van der Waals surface area contributed by atoms with E-state index in [1.807, 2.05) is 36.4 Å². The van der Waals surface area contributed by atoms with Gasteiger partial charge < -0.3 is 10.2 Å². The predicted molar refractivity (Wildman–Crippen MR) is 110 cm³/mol. The van der Waals surface area contributed by atoms with Crippen LogP contribution in [0.4, 0.5) is 10.1 Å². The summed E-state index contributed by atoms with van der Waals surface area (Å²) in [6.45, 7) is 6.83. The lowest BCUT2D eigenvalue weighted by molar-refractivity contribution is 0.0945. The number of nitrogens with one attached hydrogen (secondary N) is 1. The molecule has 0 spiro atoms. The molecule has 3 rings (SSSR count). The quantitative estimate of drug-likeness (QED) is 0.738. The lowest BCUT2D eigenvalue weighted by atomic mass is 10.2. The monoisotopic (exact) mass is 387 g/mol. The minimum absolute atomic E-state index is 0.0171. The van der Waals surface area contributed by atoms with E-state index in [1.165, 1.54) is 6.07 Å². The Morgan fingerprint density at radius 1 is 1.07 bits per heavy atom. The Kier molecular flexibility index (Phi) is 7.12. The van der Waals surface area contributed by atoms with Crippen molar-refractivity contribution in [2.45, 2.75) is 11.8 Å². The van der Waals surface area contributed by atoms with E-state index in [0.717, 1.165) is 48.9 Å². The molecular formula is C21H26FN3OS. The van der Waals surface area contributed by atoms with Gasteiger partial charge in [-0.05, 0) is 30.0 Å². The van der Waals surface area contributed by atoms with Crippen LogP contribution in [0.3, 0.4) is 0 Å². The first-order valence-corrected chi connectivity index (χ1v) is 10.4. The van der Waals surface area contributed by atoms with Crippen molar-refractivity contribution in [2.75, 3.05) is 49.9 Å². The molecule has 1 aliphatic rings. The first-order valence-electron chi connectivity index (χ1n) is 9.41. The third-order valence-corrected chi connectivity index (χ3v) is 5.67. The maximum Gasteiger partial charge on any atom is 0.252 e. The number of rotatable bonds is 7. The number of halogens is 1. The van der Waals surface area contributed by atoms with Gasteiger partial charge in [0.15, 0.2) is 0 Å². The van der Waals surface area contributed by atoms with Gasteiger partial charge >= 0.3 is 0 Å². The smallest absolute Gasteiger partial charge is 0.252 e. The molecule has 2 aromatic rings. The second kappa shape index (κ2) is 9.76. The molecule has 1 fully saturated rings. The minimum atomic E-state index is -0.165. The number of nitrogens with zero attached hydrogens (tertiary/aromatic N) is 2. The molecule has 1 saturated heterocycles. The maximum absolute atomic E-state index is 13.9. The van der Waals surface area contributed by atoms with E-state index in [4.69, 9.17) is 0 Å². The van der Waals surface area contributed by atoms with E-state index in [1.54, 1.807) is 17.8 Å². The number of piperazine rings is 1. The van der Waals surface area contributed by atoms with Gasteiger partial charge in [-0.15, -0.1) is 11.8 Å². The fourth-order valence-corrected chi connectivity index (χ4v) is 4.08. The molecular weight excluding hydrogens is 361 g/mol. The number of hydrogen-bond donors (Lipinski definition) is 1. The van der Waals surface area contributed by atoms with E-state index in [2.05, 4.69) is 22.0 Å². The standard InChI is InChI=1S/C21H26FN3OS/c1-2-27-20-10-6-3-7-17(20)21(26)23-11-12-24-13-15-25(16-14-24)19-9-5-4-8-18(19)22/h3-10H,2,11-16H2,1H3,(H,23,26). The second-order valence-corrected chi connectivity index (χ2v) is 7.77. The highest BCUT2D eigenvalue weighted by Crippen LogP contribution is 2.22. The largest absolute Gasteiger partial charge is 0.367 e. The van der Waals surface area contributed by atoms with Gasteiger partial charge in [0.1, 0.15) is 5.82 Å². The van der Waals surface area contributed by atoms with Crippen molar-refractivity contribution in [3.8, 4) is 0 Å². The molecule has 6 heteroatoms. The van der Waals surface area contributed by atoms with E-state index in [-0.39, 0.29) is 11.7 Å². The highest BCUT2D eigenvalue weighted by atomic mass is 32.2. The molecule has 2 aromatic carbocycles. The number of amides is 1. The Morgan fingerprint density at radius 2 is 1.78 bits per heavy atom. The van der Waals surface area contributed by atoms with Crippen LogP contribution in [0.1, 0.15) is 17.3 Å². The molecule has 0 unspecified atom stereocenters. The lowest BCUT2D eigenvalue weighted by Gasteiger charge is -2.36. The number of hydrogen-bond acceptors (Lipinski definition) is 4. The van der Waals surface area contributed by atoms with E-state index in [0.29, 0.717) is 12.2 Å². The number of carbonyl (C=O) groups excluding carboxylic acids is 1. The Morgan fingerprint density at radius 3 is 2.52 bits per heavy atom. The number of benzene rings is 2. The van der Waals surface area contributed by atoms with Crippen LogP contribution in [0.5, 0.6) is 0 Å². The first-order chi connectivity index (χ1) is 13.2. The molecule has 0 aromatic heterocycles. The normalized spacial score (nSPS) is 15.0. The van der Waals surface area contributed by atoms with Crippen LogP contribution in [0.2, 0.25) is 0 Å². The Hall–Kier alpha value is -2.05. The third-order valence-electron chi connectivity index (χ3n) is 4.71. The van der Waals surface area contributed by atoms with Crippen molar-refractivity contribution in [3.05, 3.63) is 59.9 Å². The summed E-state index contributed by atoms with van der Waals surface area (Å²) < 4.78 is 13.9. The van der Waals surface area contributed by atoms with Crippen LogP contribution in [0.15, 0.2) is 53.4 Å². The number of anilines is 1. The zero-order valence-corrected chi connectivity index (χ0v) is 16.5. The lowest BCUT2D eigenvalue weighted by Crippen LogP contribution is -2.48. The summed E-state index contributed by atoms with van der Waals surface area (Å²) in [6.07, 6.45) is 0. The fraction of sp³-hybridized carbons (Fsp3) is 0.381. The van der Waals surface area contributed by atoms with Gasteiger partial charge in [-0.2, -0.15) is 0 Å². The van der Waals surface area contributed by atoms with Gasteiger partial charge in [0.25, 0.3) is 5.91 Å². The minimum Gasteiger partial charge on any atom is -0.367 e. The first kappa shape index (κ1) is 19.7. The molecule has 0 atom stereocenters. The van der Waals surface area contributed by atoms with Gasteiger partial charge in [0.05, 0.1) is 11.3 Å².